The molecule has 0 spiro atoms. The number of benzene rings is 1. The topological polar surface area (TPSA) is 73.4 Å². The minimum absolute atomic E-state index is 0.197. The van der Waals surface area contributed by atoms with Crippen LogP contribution < -0.4 is 5.73 Å². The first-order chi connectivity index (χ1) is 11.7. The monoisotopic (exact) mass is 330 g/mol. The zero-order valence-electron chi connectivity index (χ0n) is 14.3. The molecule has 1 fully saturated rings. The van der Waals surface area contributed by atoms with Crippen LogP contribution >= 0.6 is 0 Å². The molecule has 0 bridgehead atoms. The molecular weight excluding hydrogens is 304 g/mol. The summed E-state index contributed by atoms with van der Waals surface area (Å²) in [6, 6.07) is 8.08. The molecule has 0 saturated carbocycles. The van der Waals surface area contributed by atoms with E-state index in [4.69, 9.17) is 10.5 Å². The highest BCUT2D eigenvalue weighted by Gasteiger charge is 2.21. The van der Waals surface area contributed by atoms with E-state index in [1.807, 2.05) is 18.2 Å². The minimum atomic E-state index is -0.336. The summed E-state index contributed by atoms with van der Waals surface area (Å²) in [5.41, 5.74) is 7.24. The van der Waals surface area contributed by atoms with Gasteiger partial charge in [-0.05, 0) is 37.9 Å². The number of fused-ring (bicyclic) bond motifs is 1. The molecule has 2 heterocycles. The number of primary amides is 1. The van der Waals surface area contributed by atoms with E-state index < -0.39 is 0 Å². The molecule has 0 atom stereocenters. The van der Waals surface area contributed by atoms with Crippen molar-refractivity contribution >= 4 is 16.8 Å². The maximum Gasteiger partial charge on any atom is 0.223 e. The SMILES string of the molecule is COCCN1CCC(Cn2nc(CC(N)=O)c3ccccc32)CC1. The number of rotatable bonds is 7. The Labute approximate surface area is 142 Å². The van der Waals surface area contributed by atoms with Crippen molar-refractivity contribution in [2.45, 2.75) is 25.8 Å². The van der Waals surface area contributed by atoms with Gasteiger partial charge in [0.05, 0.1) is 24.2 Å². The van der Waals surface area contributed by atoms with Crippen molar-refractivity contribution in [3.05, 3.63) is 30.0 Å². The molecule has 0 radical (unpaired) electrons. The summed E-state index contributed by atoms with van der Waals surface area (Å²) in [5, 5.41) is 5.71. The fraction of sp³-hybridized carbons (Fsp3) is 0.556. The molecule has 1 aliphatic rings. The van der Waals surface area contributed by atoms with Crippen LogP contribution in [0.25, 0.3) is 10.9 Å². The van der Waals surface area contributed by atoms with Crippen molar-refractivity contribution < 1.29 is 9.53 Å². The molecule has 2 N–H and O–H groups in total. The molecule has 0 unspecified atom stereocenters. The molecule has 0 aliphatic carbocycles. The first-order valence-corrected chi connectivity index (χ1v) is 8.61. The van der Waals surface area contributed by atoms with Crippen molar-refractivity contribution in [3.63, 3.8) is 0 Å². The lowest BCUT2D eigenvalue weighted by Crippen LogP contribution is -2.37. The standard InChI is InChI=1S/C18H26N4O2/c1-24-11-10-21-8-6-14(7-9-21)13-22-17-5-3-2-4-15(17)16(20-22)12-18(19)23/h2-5,14H,6-13H2,1H3,(H2,19,23). The maximum atomic E-state index is 11.3. The Morgan fingerprint density at radius 2 is 2.08 bits per heavy atom. The molecule has 1 aromatic heterocycles. The summed E-state index contributed by atoms with van der Waals surface area (Å²) in [7, 11) is 1.75. The number of nitrogens with two attached hydrogens (primary N) is 1. The number of para-hydroxylation sites is 1. The predicted molar refractivity (Wildman–Crippen MR) is 93.7 cm³/mol. The minimum Gasteiger partial charge on any atom is -0.383 e. The number of ether oxygens (including phenoxy) is 1. The lowest BCUT2D eigenvalue weighted by Gasteiger charge is -2.31. The Morgan fingerprint density at radius 3 is 2.79 bits per heavy atom. The van der Waals surface area contributed by atoms with Crippen LogP contribution in [0, 0.1) is 5.92 Å². The van der Waals surface area contributed by atoms with Gasteiger partial charge in [0.15, 0.2) is 0 Å². The van der Waals surface area contributed by atoms with Crippen LogP contribution in [0.3, 0.4) is 0 Å². The number of amides is 1. The van der Waals surface area contributed by atoms with Crippen LogP contribution in [-0.2, 0) is 22.5 Å². The van der Waals surface area contributed by atoms with Gasteiger partial charge in [-0.15, -0.1) is 0 Å². The Kier molecular flexibility index (Phi) is 5.48. The van der Waals surface area contributed by atoms with Gasteiger partial charge in [0.1, 0.15) is 0 Å². The third-order valence-electron chi connectivity index (χ3n) is 4.83. The number of carbonyl (C=O) groups excluding carboxylic acids is 1. The highest BCUT2D eigenvalue weighted by Crippen LogP contribution is 2.23. The van der Waals surface area contributed by atoms with Gasteiger partial charge in [-0.2, -0.15) is 5.10 Å². The number of carbonyl (C=O) groups is 1. The molecule has 1 saturated heterocycles. The Bertz CT molecular complexity index is 689. The van der Waals surface area contributed by atoms with E-state index in [-0.39, 0.29) is 12.3 Å². The fourth-order valence-corrected chi connectivity index (χ4v) is 3.49. The number of likely N-dealkylation sites (tertiary alicyclic amines) is 1. The average Bonchev–Trinajstić information content (AvgIpc) is 2.91. The lowest BCUT2D eigenvalue weighted by molar-refractivity contribution is -0.117. The summed E-state index contributed by atoms with van der Waals surface area (Å²) in [4.78, 5) is 13.7. The summed E-state index contributed by atoms with van der Waals surface area (Å²) in [6.07, 6.45) is 2.54. The van der Waals surface area contributed by atoms with Crippen molar-refractivity contribution in [1.82, 2.24) is 14.7 Å². The largest absolute Gasteiger partial charge is 0.383 e. The quantitative estimate of drug-likeness (QED) is 0.833. The summed E-state index contributed by atoms with van der Waals surface area (Å²) in [6.45, 7) is 4.93. The third-order valence-corrected chi connectivity index (χ3v) is 4.83. The van der Waals surface area contributed by atoms with E-state index in [9.17, 15) is 4.79 Å². The molecule has 130 valence electrons. The van der Waals surface area contributed by atoms with E-state index >= 15 is 0 Å². The molecule has 3 rings (SSSR count). The zero-order chi connectivity index (χ0) is 16.9. The summed E-state index contributed by atoms with van der Waals surface area (Å²) < 4.78 is 7.21. The second kappa shape index (κ2) is 7.77. The first kappa shape index (κ1) is 16.9. The van der Waals surface area contributed by atoms with E-state index in [1.165, 1.54) is 12.8 Å². The molecule has 1 aromatic carbocycles. The summed E-state index contributed by atoms with van der Waals surface area (Å²) in [5.74, 6) is 0.283. The molecule has 1 amide bonds. The van der Waals surface area contributed by atoms with E-state index in [1.54, 1.807) is 7.11 Å². The van der Waals surface area contributed by atoms with Gasteiger partial charge in [0.2, 0.25) is 5.91 Å². The molecule has 1 aliphatic heterocycles. The highest BCUT2D eigenvalue weighted by molar-refractivity contribution is 5.87. The van der Waals surface area contributed by atoms with Crippen molar-refractivity contribution in [3.8, 4) is 0 Å². The number of aromatic nitrogens is 2. The number of piperidine rings is 1. The number of hydrogen-bond acceptors (Lipinski definition) is 4. The maximum absolute atomic E-state index is 11.3. The number of nitrogens with zero attached hydrogens (tertiary/aromatic N) is 3. The predicted octanol–water partition coefficient (Wildman–Crippen LogP) is 1.42. The van der Waals surface area contributed by atoms with Crippen LogP contribution in [0.1, 0.15) is 18.5 Å². The van der Waals surface area contributed by atoms with Gasteiger partial charge in [-0.3, -0.25) is 9.48 Å². The second-order valence-corrected chi connectivity index (χ2v) is 6.57. The van der Waals surface area contributed by atoms with Gasteiger partial charge in [0.25, 0.3) is 0 Å². The molecule has 6 heteroatoms. The van der Waals surface area contributed by atoms with Gasteiger partial charge >= 0.3 is 0 Å². The zero-order valence-corrected chi connectivity index (χ0v) is 14.3. The molecule has 2 aromatic rings. The molecule has 6 nitrogen and oxygen atoms in total. The van der Waals surface area contributed by atoms with Crippen LogP contribution in [-0.4, -0.2) is 53.9 Å². The number of hydrogen-bond donors (Lipinski definition) is 1. The van der Waals surface area contributed by atoms with Crippen LogP contribution in [0.15, 0.2) is 24.3 Å². The van der Waals surface area contributed by atoms with Crippen molar-refractivity contribution in [2.75, 3.05) is 33.4 Å². The number of methoxy groups -OCH3 is 1. The molecule has 24 heavy (non-hydrogen) atoms. The Balaban J connectivity index is 1.68. The van der Waals surface area contributed by atoms with Gasteiger partial charge < -0.3 is 15.4 Å². The normalized spacial score (nSPS) is 16.7. The van der Waals surface area contributed by atoms with Crippen LogP contribution in [0.5, 0.6) is 0 Å². The molecular formula is C18H26N4O2. The van der Waals surface area contributed by atoms with E-state index in [0.29, 0.717) is 5.92 Å². The third kappa shape index (κ3) is 3.94. The van der Waals surface area contributed by atoms with Gasteiger partial charge in [-0.1, -0.05) is 18.2 Å². The first-order valence-electron chi connectivity index (χ1n) is 8.61. The Morgan fingerprint density at radius 1 is 1.33 bits per heavy atom. The van der Waals surface area contributed by atoms with Gasteiger partial charge in [-0.25, -0.2) is 0 Å². The Hall–Kier alpha value is -1.92. The average molecular weight is 330 g/mol. The summed E-state index contributed by atoms with van der Waals surface area (Å²) >= 11 is 0. The smallest absolute Gasteiger partial charge is 0.223 e. The van der Waals surface area contributed by atoms with E-state index in [2.05, 4.69) is 20.7 Å². The van der Waals surface area contributed by atoms with Crippen LogP contribution in [0.4, 0.5) is 0 Å². The highest BCUT2D eigenvalue weighted by atomic mass is 16.5. The van der Waals surface area contributed by atoms with Crippen LogP contribution in [0.2, 0.25) is 0 Å². The lowest BCUT2D eigenvalue weighted by atomic mass is 9.97. The van der Waals surface area contributed by atoms with Gasteiger partial charge in [0, 0.05) is 25.6 Å². The second-order valence-electron chi connectivity index (χ2n) is 6.57. The fourth-order valence-electron chi connectivity index (χ4n) is 3.49. The van der Waals surface area contributed by atoms with Crippen molar-refractivity contribution in [1.29, 1.82) is 0 Å². The van der Waals surface area contributed by atoms with Crippen molar-refractivity contribution in [2.24, 2.45) is 11.7 Å². The van der Waals surface area contributed by atoms with E-state index in [0.717, 1.165) is 49.4 Å².